The lowest BCUT2D eigenvalue weighted by Gasteiger charge is -2.10. The Labute approximate surface area is 101 Å². The van der Waals surface area contributed by atoms with Crippen molar-refractivity contribution in [2.75, 3.05) is 7.05 Å². The molecule has 0 saturated carbocycles. The third-order valence-electron chi connectivity index (χ3n) is 2.88. The Kier molecular flexibility index (Phi) is 3.49. The molecule has 1 atom stereocenters. The summed E-state index contributed by atoms with van der Waals surface area (Å²) in [5.74, 6) is 0.820. The van der Waals surface area contributed by atoms with Gasteiger partial charge in [0, 0.05) is 0 Å². The summed E-state index contributed by atoms with van der Waals surface area (Å²) >= 11 is 0. The quantitative estimate of drug-likeness (QED) is 0.866. The van der Waals surface area contributed by atoms with E-state index in [0.29, 0.717) is 0 Å². The van der Waals surface area contributed by atoms with E-state index in [-0.39, 0.29) is 6.04 Å². The molecule has 1 N–H and O–H groups in total. The Morgan fingerprint density at radius 2 is 2.24 bits per heavy atom. The third-order valence-corrected chi connectivity index (χ3v) is 2.88. The zero-order valence-electron chi connectivity index (χ0n) is 10.4. The second-order valence-corrected chi connectivity index (χ2v) is 3.98. The minimum absolute atomic E-state index is 0.121. The normalized spacial score (nSPS) is 12.6. The monoisotopic (exact) mass is 231 g/mol. The van der Waals surface area contributed by atoms with E-state index in [4.69, 9.17) is 0 Å². The minimum Gasteiger partial charge on any atom is -0.311 e. The van der Waals surface area contributed by atoms with E-state index in [2.05, 4.69) is 39.9 Å². The SMILES string of the molecule is CCc1cccc(-n2nnnc2C(C)NC)c1. The molecule has 0 radical (unpaired) electrons. The van der Waals surface area contributed by atoms with E-state index in [1.165, 1.54) is 5.56 Å². The molecule has 0 spiro atoms. The van der Waals surface area contributed by atoms with E-state index in [0.717, 1.165) is 17.9 Å². The number of aryl methyl sites for hydroxylation is 1. The number of tetrazole rings is 1. The Balaban J connectivity index is 2.42. The number of hydrogen-bond donors (Lipinski definition) is 1. The van der Waals surface area contributed by atoms with Gasteiger partial charge >= 0.3 is 0 Å². The molecule has 0 fully saturated rings. The second-order valence-electron chi connectivity index (χ2n) is 3.98. The molecule has 5 nitrogen and oxygen atoms in total. The average Bonchev–Trinajstić information content (AvgIpc) is 2.87. The van der Waals surface area contributed by atoms with Gasteiger partial charge in [-0.25, -0.2) is 0 Å². The maximum absolute atomic E-state index is 4.06. The Hall–Kier alpha value is -1.75. The van der Waals surface area contributed by atoms with Crippen LogP contribution in [0.2, 0.25) is 0 Å². The van der Waals surface area contributed by atoms with Crippen LogP contribution in [0.1, 0.15) is 31.3 Å². The summed E-state index contributed by atoms with van der Waals surface area (Å²) in [5.41, 5.74) is 2.28. The first-order chi connectivity index (χ1) is 8.26. The summed E-state index contributed by atoms with van der Waals surface area (Å²) in [6.45, 7) is 4.17. The highest BCUT2D eigenvalue weighted by Gasteiger charge is 2.13. The molecule has 2 rings (SSSR count). The lowest BCUT2D eigenvalue weighted by Crippen LogP contribution is -2.17. The first-order valence-corrected chi connectivity index (χ1v) is 5.81. The van der Waals surface area contributed by atoms with Crippen molar-refractivity contribution < 1.29 is 0 Å². The van der Waals surface area contributed by atoms with E-state index < -0.39 is 0 Å². The maximum atomic E-state index is 4.06. The Morgan fingerprint density at radius 3 is 2.94 bits per heavy atom. The molecule has 1 unspecified atom stereocenters. The summed E-state index contributed by atoms with van der Waals surface area (Å²) < 4.78 is 1.78. The summed E-state index contributed by atoms with van der Waals surface area (Å²) in [4.78, 5) is 0. The summed E-state index contributed by atoms with van der Waals surface area (Å²) in [5, 5.41) is 15.0. The highest BCUT2D eigenvalue weighted by atomic mass is 15.5. The van der Waals surface area contributed by atoms with Crippen LogP contribution in [0.3, 0.4) is 0 Å². The summed E-state index contributed by atoms with van der Waals surface area (Å²) in [6, 6.07) is 8.39. The molecule has 0 aliphatic rings. The summed E-state index contributed by atoms with van der Waals surface area (Å²) in [7, 11) is 1.89. The van der Waals surface area contributed by atoms with Gasteiger partial charge in [-0.05, 0) is 48.5 Å². The number of aromatic nitrogens is 4. The minimum atomic E-state index is 0.121. The zero-order valence-corrected chi connectivity index (χ0v) is 10.4. The number of nitrogens with zero attached hydrogens (tertiary/aromatic N) is 4. The predicted octanol–water partition coefficient (Wildman–Crippen LogP) is 1.51. The molecule has 0 aliphatic carbocycles. The van der Waals surface area contributed by atoms with Gasteiger partial charge in [-0.1, -0.05) is 19.1 Å². The van der Waals surface area contributed by atoms with Crippen LogP contribution in [0.4, 0.5) is 0 Å². The molecule has 1 aromatic carbocycles. The Morgan fingerprint density at radius 1 is 1.41 bits per heavy atom. The van der Waals surface area contributed by atoms with Crippen molar-refractivity contribution in [3.8, 4) is 5.69 Å². The number of hydrogen-bond acceptors (Lipinski definition) is 4. The summed E-state index contributed by atoms with van der Waals surface area (Å²) in [6.07, 6.45) is 1.01. The fourth-order valence-corrected chi connectivity index (χ4v) is 1.69. The molecule has 0 bridgehead atoms. The smallest absolute Gasteiger partial charge is 0.173 e. The number of nitrogens with one attached hydrogen (secondary N) is 1. The predicted molar refractivity (Wildman–Crippen MR) is 66.0 cm³/mol. The number of rotatable bonds is 4. The molecular formula is C12H17N5. The molecule has 90 valence electrons. The van der Waals surface area contributed by atoms with E-state index in [1.807, 2.05) is 26.1 Å². The van der Waals surface area contributed by atoms with Gasteiger partial charge in [0.2, 0.25) is 0 Å². The lowest BCUT2D eigenvalue weighted by atomic mass is 10.1. The van der Waals surface area contributed by atoms with Crippen LogP contribution in [0, 0.1) is 0 Å². The van der Waals surface area contributed by atoms with Crippen LogP contribution in [0.15, 0.2) is 24.3 Å². The standard InChI is InChI=1S/C12H17N5/c1-4-10-6-5-7-11(8-10)17-12(9(2)13-3)14-15-16-17/h5-9,13H,4H2,1-3H3. The first kappa shape index (κ1) is 11.7. The second kappa shape index (κ2) is 5.05. The van der Waals surface area contributed by atoms with Crippen molar-refractivity contribution in [2.45, 2.75) is 26.3 Å². The van der Waals surface area contributed by atoms with Gasteiger partial charge in [-0.2, -0.15) is 4.68 Å². The molecule has 1 heterocycles. The molecule has 0 amide bonds. The molecular weight excluding hydrogens is 214 g/mol. The van der Waals surface area contributed by atoms with Gasteiger partial charge in [-0.15, -0.1) is 5.10 Å². The van der Waals surface area contributed by atoms with Crippen molar-refractivity contribution in [3.05, 3.63) is 35.7 Å². The highest BCUT2D eigenvalue weighted by Crippen LogP contribution is 2.15. The third kappa shape index (κ3) is 2.34. The van der Waals surface area contributed by atoms with Crippen LogP contribution in [-0.4, -0.2) is 27.3 Å². The molecule has 2 aromatic rings. The van der Waals surface area contributed by atoms with Crippen LogP contribution >= 0.6 is 0 Å². The molecule has 17 heavy (non-hydrogen) atoms. The first-order valence-electron chi connectivity index (χ1n) is 5.81. The van der Waals surface area contributed by atoms with Gasteiger partial charge in [0.05, 0.1) is 11.7 Å². The van der Waals surface area contributed by atoms with Crippen molar-refractivity contribution in [3.63, 3.8) is 0 Å². The Bertz CT molecular complexity index is 491. The van der Waals surface area contributed by atoms with Crippen LogP contribution in [-0.2, 0) is 6.42 Å². The maximum Gasteiger partial charge on any atom is 0.173 e. The van der Waals surface area contributed by atoms with Crippen molar-refractivity contribution >= 4 is 0 Å². The average molecular weight is 231 g/mol. The lowest BCUT2D eigenvalue weighted by molar-refractivity contribution is 0.588. The van der Waals surface area contributed by atoms with Gasteiger partial charge in [0.15, 0.2) is 5.82 Å². The molecule has 1 aromatic heterocycles. The van der Waals surface area contributed by atoms with E-state index in [9.17, 15) is 0 Å². The van der Waals surface area contributed by atoms with Crippen LogP contribution < -0.4 is 5.32 Å². The van der Waals surface area contributed by atoms with Gasteiger partial charge in [-0.3, -0.25) is 0 Å². The van der Waals surface area contributed by atoms with Crippen LogP contribution in [0.25, 0.3) is 5.69 Å². The van der Waals surface area contributed by atoms with Crippen LogP contribution in [0.5, 0.6) is 0 Å². The van der Waals surface area contributed by atoms with E-state index in [1.54, 1.807) is 4.68 Å². The topological polar surface area (TPSA) is 55.6 Å². The zero-order chi connectivity index (χ0) is 12.3. The van der Waals surface area contributed by atoms with E-state index >= 15 is 0 Å². The highest BCUT2D eigenvalue weighted by molar-refractivity contribution is 5.35. The number of benzene rings is 1. The van der Waals surface area contributed by atoms with Gasteiger partial charge < -0.3 is 5.32 Å². The van der Waals surface area contributed by atoms with Gasteiger partial charge in [0.1, 0.15) is 0 Å². The van der Waals surface area contributed by atoms with Crippen molar-refractivity contribution in [1.29, 1.82) is 0 Å². The fourth-order valence-electron chi connectivity index (χ4n) is 1.69. The van der Waals surface area contributed by atoms with Crippen molar-refractivity contribution in [2.24, 2.45) is 0 Å². The van der Waals surface area contributed by atoms with Crippen molar-refractivity contribution in [1.82, 2.24) is 25.5 Å². The molecule has 0 saturated heterocycles. The fraction of sp³-hybridized carbons (Fsp3) is 0.417. The molecule has 5 heteroatoms. The largest absolute Gasteiger partial charge is 0.311 e. The van der Waals surface area contributed by atoms with Gasteiger partial charge in [0.25, 0.3) is 0 Å². The molecule has 0 aliphatic heterocycles.